The summed E-state index contributed by atoms with van der Waals surface area (Å²) in [6, 6.07) is 6.15. The molecule has 0 radical (unpaired) electrons. The summed E-state index contributed by atoms with van der Waals surface area (Å²) >= 11 is 6.29. The SMILES string of the molecule is CCCNC(=O)N1CCN(c2cc(Cl)nc(-n3ccnc3)n2)CC1C(=O)NCc1ccc2c(c1)OCO2. The van der Waals surface area contributed by atoms with Crippen LogP contribution in [0.25, 0.3) is 5.95 Å². The number of carbonyl (C=O) groups is 2. The summed E-state index contributed by atoms with van der Waals surface area (Å²) in [6.45, 7) is 4.01. The lowest BCUT2D eigenvalue weighted by Gasteiger charge is -2.41. The lowest BCUT2D eigenvalue weighted by Crippen LogP contribution is -2.62. The quantitative estimate of drug-likeness (QED) is 0.447. The third kappa shape index (κ3) is 5.53. The zero-order valence-corrected chi connectivity index (χ0v) is 21.0. The third-order valence-electron chi connectivity index (χ3n) is 6.10. The molecule has 13 heteroatoms. The molecule has 3 aromatic rings. The van der Waals surface area contributed by atoms with Gasteiger partial charge in [-0.3, -0.25) is 9.36 Å². The van der Waals surface area contributed by atoms with E-state index in [1.54, 1.807) is 34.3 Å². The van der Waals surface area contributed by atoms with Gasteiger partial charge in [0.05, 0.1) is 0 Å². The number of urea groups is 1. The Morgan fingerprint density at radius 3 is 2.81 bits per heavy atom. The second-order valence-corrected chi connectivity index (χ2v) is 9.00. The standard InChI is InChI=1S/C24H27ClN8O4/c1-2-5-27-24(35)33-9-8-31(21-11-20(25)29-23(30-21)32-7-6-26-14-32)13-17(33)22(34)28-12-16-3-4-18-19(10-16)37-15-36-18/h3-4,6-7,10-11,14,17H,2,5,8-9,12-13,15H2,1H3,(H,27,35)(H,28,34). The molecular weight excluding hydrogens is 500 g/mol. The number of fused-ring (bicyclic) bond motifs is 1. The van der Waals surface area contributed by atoms with E-state index >= 15 is 0 Å². The molecule has 12 nitrogen and oxygen atoms in total. The highest BCUT2D eigenvalue weighted by Gasteiger charge is 2.36. The summed E-state index contributed by atoms with van der Waals surface area (Å²) in [5.41, 5.74) is 0.861. The lowest BCUT2D eigenvalue weighted by atomic mass is 10.1. The van der Waals surface area contributed by atoms with Gasteiger partial charge in [0.25, 0.3) is 0 Å². The van der Waals surface area contributed by atoms with Crippen LogP contribution in [0, 0.1) is 0 Å². The first-order valence-corrected chi connectivity index (χ1v) is 12.4. The van der Waals surface area contributed by atoms with Crippen LogP contribution in [-0.4, -0.2) is 75.4 Å². The molecule has 3 amide bonds. The van der Waals surface area contributed by atoms with E-state index in [0.717, 1.165) is 12.0 Å². The summed E-state index contributed by atoms with van der Waals surface area (Å²) in [5, 5.41) is 6.11. The highest BCUT2D eigenvalue weighted by atomic mass is 35.5. The minimum absolute atomic E-state index is 0.181. The molecule has 2 aromatic heterocycles. The van der Waals surface area contributed by atoms with E-state index in [1.165, 1.54) is 0 Å². The molecule has 2 aliphatic rings. The van der Waals surface area contributed by atoms with E-state index in [4.69, 9.17) is 21.1 Å². The number of nitrogens with zero attached hydrogens (tertiary/aromatic N) is 6. The normalized spacial score (nSPS) is 16.5. The average molecular weight is 527 g/mol. The van der Waals surface area contributed by atoms with Gasteiger partial charge in [-0.15, -0.1) is 0 Å². The zero-order valence-electron chi connectivity index (χ0n) is 20.3. The second kappa shape index (κ2) is 10.9. The molecule has 2 aliphatic heterocycles. The van der Waals surface area contributed by atoms with Crippen molar-refractivity contribution in [3.05, 3.63) is 53.7 Å². The minimum atomic E-state index is -0.745. The van der Waals surface area contributed by atoms with Crippen LogP contribution in [0.3, 0.4) is 0 Å². The Bertz CT molecular complexity index is 1270. The average Bonchev–Trinajstić information content (AvgIpc) is 3.62. The molecule has 1 fully saturated rings. The fourth-order valence-electron chi connectivity index (χ4n) is 4.20. The Balaban J connectivity index is 1.34. The topological polar surface area (TPSA) is 127 Å². The van der Waals surface area contributed by atoms with Crippen LogP contribution >= 0.6 is 11.6 Å². The van der Waals surface area contributed by atoms with Crippen molar-refractivity contribution in [3.63, 3.8) is 0 Å². The molecule has 1 saturated heterocycles. The van der Waals surface area contributed by atoms with Crippen molar-refractivity contribution in [2.75, 3.05) is 37.9 Å². The predicted octanol–water partition coefficient (Wildman–Crippen LogP) is 1.97. The van der Waals surface area contributed by atoms with Gasteiger partial charge in [-0.2, -0.15) is 4.98 Å². The van der Waals surface area contributed by atoms with E-state index in [-0.39, 0.29) is 37.0 Å². The monoisotopic (exact) mass is 526 g/mol. The van der Waals surface area contributed by atoms with E-state index in [9.17, 15) is 9.59 Å². The Hall–Kier alpha value is -4.06. The number of amides is 3. The number of hydrogen-bond acceptors (Lipinski definition) is 8. The van der Waals surface area contributed by atoms with Gasteiger partial charge in [0.2, 0.25) is 18.6 Å². The summed E-state index contributed by atoms with van der Waals surface area (Å²) in [6.07, 6.45) is 5.72. The van der Waals surface area contributed by atoms with E-state index in [2.05, 4.69) is 25.6 Å². The zero-order chi connectivity index (χ0) is 25.8. The van der Waals surface area contributed by atoms with Crippen LogP contribution in [0.15, 0.2) is 43.0 Å². The highest BCUT2D eigenvalue weighted by molar-refractivity contribution is 6.29. The van der Waals surface area contributed by atoms with Gasteiger partial charge in [-0.05, 0) is 24.1 Å². The molecule has 37 heavy (non-hydrogen) atoms. The maximum atomic E-state index is 13.4. The first-order chi connectivity index (χ1) is 18.0. The Morgan fingerprint density at radius 1 is 1.14 bits per heavy atom. The van der Waals surface area contributed by atoms with Gasteiger partial charge in [-0.25, -0.2) is 14.8 Å². The van der Waals surface area contributed by atoms with Gasteiger partial charge >= 0.3 is 6.03 Å². The summed E-state index contributed by atoms with van der Waals surface area (Å²) in [5.74, 6) is 1.97. The third-order valence-corrected chi connectivity index (χ3v) is 6.30. The van der Waals surface area contributed by atoms with Crippen LogP contribution < -0.4 is 25.0 Å². The van der Waals surface area contributed by atoms with Gasteiger partial charge in [0, 0.05) is 51.2 Å². The van der Waals surface area contributed by atoms with Crippen molar-refractivity contribution in [2.24, 2.45) is 0 Å². The maximum absolute atomic E-state index is 13.4. The Labute approximate surface area is 218 Å². The first-order valence-electron chi connectivity index (χ1n) is 12.0. The molecule has 0 saturated carbocycles. The van der Waals surface area contributed by atoms with Crippen molar-refractivity contribution in [1.29, 1.82) is 0 Å². The fraction of sp³-hybridized carbons (Fsp3) is 0.375. The van der Waals surface area contributed by atoms with Crippen molar-refractivity contribution in [3.8, 4) is 17.4 Å². The van der Waals surface area contributed by atoms with E-state index in [0.29, 0.717) is 42.9 Å². The van der Waals surface area contributed by atoms with E-state index < -0.39 is 6.04 Å². The van der Waals surface area contributed by atoms with E-state index in [1.807, 2.05) is 30.0 Å². The van der Waals surface area contributed by atoms with Crippen LogP contribution in [0.1, 0.15) is 18.9 Å². The second-order valence-electron chi connectivity index (χ2n) is 8.61. The van der Waals surface area contributed by atoms with Crippen LogP contribution in [0.5, 0.6) is 11.5 Å². The maximum Gasteiger partial charge on any atom is 0.318 e. The minimum Gasteiger partial charge on any atom is -0.454 e. The van der Waals surface area contributed by atoms with Crippen LogP contribution in [0.2, 0.25) is 5.15 Å². The van der Waals surface area contributed by atoms with Crippen LogP contribution in [0.4, 0.5) is 10.6 Å². The summed E-state index contributed by atoms with van der Waals surface area (Å²) in [7, 11) is 0. The van der Waals surface area contributed by atoms with Crippen molar-refractivity contribution in [1.82, 2.24) is 35.1 Å². The number of aromatic nitrogens is 4. The van der Waals surface area contributed by atoms with Crippen molar-refractivity contribution < 1.29 is 19.1 Å². The first kappa shape index (κ1) is 24.6. The Morgan fingerprint density at radius 2 is 2.00 bits per heavy atom. The molecule has 5 rings (SSSR count). The van der Waals surface area contributed by atoms with Crippen molar-refractivity contribution in [2.45, 2.75) is 25.9 Å². The summed E-state index contributed by atoms with van der Waals surface area (Å²) < 4.78 is 12.4. The van der Waals surface area contributed by atoms with Gasteiger partial charge in [-0.1, -0.05) is 24.6 Å². The molecule has 0 aliphatic carbocycles. The number of imidazole rings is 1. The van der Waals surface area contributed by atoms with Crippen molar-refractivity contribution >= 4 is 29.4 Å². The lowest BCUT2D eigenvalue weighted by molar-refractivity contribution is -0.125. The number of carbonyl (C=O) groups excluding carboxylic acids is 2. The van der Waals surface area contributed by atoms with Gasteiger partial charge in [0.15, 0.2) is 11.5 Å². The molecule has 1 atom stereocenters. The number of benzene rings is 1. The largest absolute Gasteiger partial charge is 0.454 e. The molecule has 194 valence electrons. The number of halogens is 1. The number of nitrogens with one attached hydrogen (secondary N) is 2. The van der Waals surface area contributed by atoms with Gasteiger partial charge < -0.3 is 29.9 Å². The molecule has 0 bridgehead atoms. The van der Waals surface area contributed by atoms with Gasteiger partial charge in [0.1, 0.15) is 23.3 Å². The van der Waals surface area contributed by atoms with Crippen LogP contribution in [-0.2, 0) is 11.3 Å². The smallest absolute Gasteiger partial charge is 0.318 e. The number of piperazine rings is 1. The molecular formula is C24H27ClN8O4. The molecule has 1 unspecified atom stereocenters. The molecule has 4 heterocycles. The highest BCUT2D eigenvalue weighted by Crippen LogP contribution is 2.32. The molecule has 0 spiro atoms. The molecule has 2 N–H and O–H groups in total. The summed E-state index contributed by atoms with van der Waals surface area (Å²) in [4.78, 5) is 42.7. The number of hydrogen-bond donors (Lipinski definition) is 2. The number of rotatable bonds is 7. The number of ether oxygens (including phenoxy) is 2. The fourth-order valence-corrected chi connectivity index (χ4v) is 4.37. The Kier molecular flexibility index (Phi) is 7.26. The number of anilines is 1. The molecule has 1 aromatic carbocycles. The predicted molar refractivity (Wildman–Crippen MR) is 135 cm³/mol.